The number of benzene rings is 2. The smallest absolute Gasteiger partial charge is 0.347 e. The number of para-hydroxylation sites is 3. The number of esters is 2. The molecule has 3 rings (SSSR count). The molecule has 2 aromatic carbocycles. The Morgan fingerprint density at radius 3 is 2.40 bits per heavy atom. The molecule has 5 heteroatoms. The van der Waals surface area contributed by atoms with E-state index in [0.29, 0.717) is 11.5 Å². The maximum absolute atomic E-state index is 12.1. The minimum Gasteiger partial charge on any atom is -0.465 e. The SMILES string of the molecule is COC(=O)c1cccc2c1Oc1ccccc1OC2=O. The van der Waals surface area contributed by atoms with Gasteiger partial charge in [0.15, 0.2) is 17.2 Å². The Labute approximate surface area is 114 Å². The highest BCUT2D eigenvalue weighted by Gasteiger charge is 2.27. The van der Waals surface area contributed by atoms with Crippen molar-refractivity contribution in [2.45, 2.75) is 0 Å². The van der Waals surface area contributed by atoms with Crippen LogP contribution >= 0.6 is 0 Å². The summed E-state index contributed by atoms with van der Waals surface area (Å²) >= 11 is 0. The molecule has 0 spiro atoms. The molecule has 0 bridgehead atoms. The summed E-state index contributed by atoms with van der Waals surface area (Å²) in [5.74, 6) is -0.320. The quantitative estimate of drug-likeness (QED) is 0.589. The van der Waals surface area contributed by atoms with E-state index in [1.165, 1.54) is 19.2 Å². The van der Waals surface area contributed by atoms with Gasteiger partial charge in [-0.25, -0.2) is 9.59 Å². The number of carbonyl (C=O) groups is 2. The summed E-state index contributed by atoms with van der Waals surface area (Å²) in [7, 11) is 1.27. The van der Waals surface area contributed by atoms with E-state index in [2.05, 4.69) is 0 Å². The van der Waals surface area contributed by atoms with Crippen molar-refractivity contribution in [2.24, 2.45) is 0 Å². The normalized spacial score (nSPS) is 12.3. The van der Waals surface area contributed by atoms with Gasteiger partial charge in [-0.15, -0.1) is 0 Å². The number of rotatable bonds is 1. The molecule has 100 valence electrons. The summed E-state index contributed by atoms with van der Waals surface area (Å²) in [6.07, 6.45) is 0. The van der Waals surface area contributed by atoms with Crippen LogP contribution in [0, 0.1) is 0 Å². The summed E-state index contributed by atoms with van der Waals surface area (Å²) in [5, 5.41) is 0. The first kappa shape index (κ1) is 12.2. The molecule has 1 aliphatic heterocycles. The van der Waals surface area contributed by atoms with Crippen molar-refractivity contribution in [3.8, 4) is 17.2 Å². The van der Waals surface area contributed by atoms with Crippen LogP contribution in [0.4, 0.5) is 0 Å². The van der Waals surface area contributed by atoms with Gasteiger partial charge < -0.3 is 14.2 Å². The third kappa shape index (κ3) is 1.89. The Bertz CT molecular complexity index is 705. The van der Waals surface area contributed by atoms with Crippen LogP contribution in [0.5, 0.6) is 17.2 Å². The molecule has 0 radical (unpaired) electrons. The first-order chi connectivity index (χ1) is 9.70. The zero-order valence-corrected chi connectivity index (χ0v) is 10.6. The van der Waals surface area contributed by atoms with Gasteiger partial charge in [0.05, 0.1) is 7.11 Å². The highest BCUT2D eigenvalue weighted by atomic mass is 16.6. The van der Waals surface area contributed by atoms with E-state index in [4.69, 9.17) is 14.2 Å². The van der Waals surface area contributed by atoms with Crippen molar-refractivity contribution >= 4 is 11.9 Å². The number of hydrogen-bond donors (Lipinski definition) is 0. The average Bonchev–Trinajstić information content (AvgIpc) is 2.62. The molecule has 1 heterocycles. The van der Waals surface area contributed by atoms with Gasteiger partial charge in [0.25, 0.3) is 0 Å². The van der Waals surface area contributed by atoms with Crippen molar-refractivity contribution in [1.29, 1.82) is 0 Å². The monoisotopic (exact) mass is 270 g/mol. The average molecular weight is 270 g/mol. The van der Waals surface area contributed by atoms with E-state index in [1.54, 1.807) is 30.3 Å². The van der Waals surface area contributed by atoms with Gasteiger partial charge >= 0.3 is 11.9 Å². The number of fused-ring (bicyclic) bond motifs is 2. The summed E-state index contributed by atoms with van der Waals surface area (Å²) < 4.78 is 15.6. The molecule has 0 amide bonds. The summed E-state index contributed by atoms with van der Waals surface area (Å²) in [6.45, 7) is 0. The largest absolute Gasteiger partial charge is 0.465 e. The van der Waals surface area contributed by atoms with Gasteiger partial charge in [-0.1, -0.05) is 18.2 Å². The lowest BCUT2D eigenvalue weighted by Crippen LogP contribution is -2.10. The second kappa shape index (κ2) is 4.70. The maximum Gasteiger partial charge on any atom is 0.347 e. The number of ether oxygens (including phenoxy) is 3. The fraction of sp³-hybridized carbons (Fsp3) is 0.0667. The fourth-order valence-corrected chi connectivity index (χ4v) is 1.96. The van der Waals surface area contributed by atoms with Crippen molar-refractivity contribution in [3.63, 3.8) is 0 Å². The van der Waals surface area contributed by atoms with Crippen LogP contribution in [0.15, 0.2) is 42.5 Å². The van der Waals surface area contributed by atoms with Crippen LogP contribution < -0.4 is 9.47 Å². The molecule has 0 saturated carbocycles. The maximum atomic E-state index is 12.1. The van der Waals surface area contributed by atoms with Crippen LogP contribution in [0.3, 0.4) is 0 Å². The minimum atomic E-state index is -0.575. The number of methoxy groups -OCH3 is 1. The van der Waals surface area contributed by atoms with Gasteiger partial charge in [-0.05, 0) is 24.3 Å². The van der Waals surface area contributed by atoms with E-state index in [-0.39, 0.29) is 16.9 Å². The van der Waals surface area contributed by atoms with Crippen LogP contribution in [-0.2, 0) is 4.74 Å². The molecule has 0 unspecified atom stereocenters. The molecule has 0 aromatic heterocycles. The molecule has 5 nitrogen and oxygen atoms in total. The molecule has 0 saturated heterocycles. The topological polar surface area (TPSA) is 61.8 Å². The second-order valence-corrected chi connectivity index (χ2v) is 4.11. The first-order valence-corrected chi connectivity index (χ1v) is 5.91. The van der Waals surface area contributed by atoms with Gasteiger partial charge in [-0.3, -0.25) is 0 Å². The predicted molar refractivity (Wildman–Crippen MR) is 69.3 cm³/mol. The fourth-order valence-electron chi connectivity index (χ4n) is 1.96. The highest BCUT2D eigenvalue weighted by molar-refractivity contribution is 6.01. The van der Waals surface area contributed by atoms with Gasteiger partial charge in [0, 0.05) is 0 Å². The molecular weight excluding hydrogens is 260 g/mol. The third-order valence-corrected chi connectivity index (χ3v) is 2.90. The van der Waals surface area contributed by atoms with Crippen molar-refractivity contribution < 1.29 is 23.8 Å². The standard InChI is InChI=1S/C15H10O5/c1-18-14(16)9-5-4-6-10-13(9)19-11-7-2-3-8-12(11)20-15(10)17/h2-8H,1H3. The summed E-state index contributed by atoms with van der Waals surface area (Å²) in [6, 6.07) is 11.4. The van der Waals surface area contributed by atoms with Gasteiger partial charge in [-0.2, -0.15) is 0 Å². The summed E-state index contributed by atoms with van der Waals surface area (Å²) in [4.78, 5) is 23.8. The first-order valence-electron chi connectivity index (χ1n) is 5.91. The second-order valence-electron chi connectivity index (χ2n) is 4.11. The van der Waals surface area contributed by atoms with Crippen LogP contribution in [0.25, 0.3) is 0 Å². The Morgan fingerprint density at radius 2 is 1.70 bits per heavy atom. The van der Waals surface area contributed by atoms with Gasteiger partial charge in [0.2, 0.25) is 0 Å². The van der Waals surface area contributed by atoms with E-state index < -0.39 is 11.9 Å². The molecule has 0 N–H and O–H groups in total. The molecule has 0 atom stereocenters. The zero-order valence-electron chi connectivity index (χ0n) is 10.6. The Kier molecular flexibility index (Phi) is 2.87. The predicted octanol–water partition coefficient (Wildman–Crippen LogP) is 2.80. The molecule has 2 aromatic rings. The van der Waals surface area contributed by atoms with E-state index >= 15 is 0 Å². The van der Waals surface area contributed by atoms with Crippen molar-refractivity contribution in [2.75, 3.05) is 7.11 Å². The van der Waals surface area contributed by atoms with Crippen LogP contribution in [0.2, 0.25) is 0 Å². The van der Waals surface area contributed by atoms with Crippen molar-refractivity contribution in [1.82, 2.24) is 0 Å². The molecule has 1 aliphatic rings. The van der Waals surface area contributed by atoms with Gasteiger partial charge in [0.1, 0.15) is 11.1 Å². The summed E-state index contributed by atoms with van der Waals surface area (Å²) in [5.41, 5.74) is 0.364. The zero-order chi connectivity index (χ0) is 14.1. The molecular formula is C15H10O5. The highest BCUT2D eigenvalue weighted by Crippen LogP contribution is 2.39. The van der Waals surface area contributed by atoms with Crippen LogP contribution in [-0.4, -0.2) is 19.0 Å². The Balaban J connectivity index is 2.20. The Hall–Kier alpha value is -2.82. The Morgan fingerprint density at radius 1 is 1.00 bits per heavy atom. The molecule has 0 aliphatic carbocycles. The van der Waals surface area contributed by atoms with Crippen molar-refractivity contribution in [3.05, 3.63) is 53.6 Å². The molecule has 0 fully saturated rings. The molecule has 20 heavy (non-hydrogen) atoms. The lowest BCUT2D eigenvalue weighted by molar-refractivity contribution is 0.0598. The van der Waals surface area contributed by atoms with Crippen LogP contribution in [0.1, 0.15) is 20.7 Å². The lowest BCUT2D eigenvalue weighted by atomic mass is 10.1. The van der Waals surface area contributed by atoms with E-state index in [1.807, 2.05) is 0 Å². The number of hydrogen-bond acceptors (Lipinski definition) is 5. The third-order valence-electron chi connectivity index (χ3n) is 2.90. The minimum absolute atomic E-state index is 0.148. The van der Waals surface area contributed by atoms with E-state index in [9.17, 15) is 9.59 Å². The lowest BCUT2D eigenvalue weighted by Gasteiger charge is -2.09. The van der Waals surface area contributed by atoms with E-state index in [0.717, 1.165) is 0 Å². The number of carbonyl (C=O) groups excluding carboxylic acids is 2.